The van der Waals surface area contributed by atoms with Crippen LogP contribution in [0.5, 0.6) is 5.75 Å². The van der Waals surface area contributed by atoms with Crippen LogP contribution in [0.3, 0.4) is 0 Å². The molecule has 2 heterocycles. The highest BCUT2D eigenvalue weighted by atomic mass is 16.5. The van der Waals surface area contributed by atoms with Gasteiger partial charge in [0.2, 0.25) is 0 Å². The first kappa shape index (κ1) is 16.8. The minimum Gasteiger partial charge on any atom is -0.495 e. The van der Waals surface area contributed by atoms with E-state index in [2.05, 4.69) is 5.32 Å². The van der Waals surface area contributed by atoms with Gasteiger partial charge in [-0.05, 0) is 24.1 Å². The second-order valence-corrected chi connectivity index (χ2v) is 4.38. The first-order chi connectivity index (χ1) is 9.97. The number of ether oxygens (including phenoxy) is 2. The van der Waals surface area contributed by atoms with Gasteiger partial charge in [0.05, 0.1) is 12.8 Å². The van der Waals surface area contributed by atoms with E-state index in [1.807, 2.05) is 19.1 Å². The van der Waals surface area contributed by atoms with Gasteiger partial charge in [-0.1, -0.05) is 19.4 Å². The molecule has 0 radical (unpaired) electrons. The normalized spacial score (nSPS) is 13.8. The number of nitrogens with one attached hydrogen (secondary N) is 1. The lowest BCUT2D eigenvalue weighted by Gasteiger charge is -2.15. The lowest BCUT2D eigenvalue weighted by molar-refractivity contribution is -0.146. The number of benzene rings is 1. The number of fused-ring (bicyclic) bond motifs is 5. The highest BCUT2D eigenvalue weighted by Gasteiger charge is 2.13. The molecule has 0 aromatic heterocycles. The zero-order valence-corrected chi connectivity index (χ0v) is 12.0. The van der Waals surface area contributed by atoms with Gasteiger partial charge in [-0.25, -0.2) is 9.59 Å². The summed E-state index contributed by atoms with van der Waals surface area (Å²) >= 11 is 0. The minimum absolute atomic E-state index is 0.280. The molecule has 7 nitrogen and oxygen atoms in total. The Bertz CT molecular complexity index is 502. The van der Waals surface area contributed by atoms with Crippen molar-refractivity contribution in [1.82, 2.24) is 0 Å². The third-order valence-electron chi connectivity index (χ3n) is 2.72. The van der Waals surface area contributed by atoms with E-state index in [1.54, 1.807) is 13.2 Å². The van der Waals surface area contributed by atoms with E-state index in [4.69, 9.17) is 19.7 Å². The quantitative estimate of drug-likeness (QED) is 0.785. The molecular formula is C14H19NO6. The van der Waals surface area contributed by atoms with Crippen LogP contribution in [0.25, 0.3) is 0 Å². The largest absolute Gasteiger partial charge is 0.495 e. The number of carboxylic acids is 1. The van der Waals surface area contributed by atoms with E-state index in [1.165, 1.54) is 0 Å². The number of rotatable bonds is 4. The minimum atomic E-state index is -1.17. The summed E-state index contributed by atoms with van der Waals surface area (Å²) < 4.78 is 9.94. The Morgan fingerprint density at radius 1 is 1.52 bits per heavy atom. The third-order valence-corrected chi connectivity index (χ3v) is 2.72. The fourth-order valence-electron chi connectivity index (χ4n) is 1.62. The van der Waals surface area contributed by atoms with Gasteiger partial charge < -0.3 is 19.7 Å². The Balaban J connectivity index is 0.000000240. The Labute approximate surface area is 122 Å². The molecule has 3 rings (SSSR count). The molecule has 1 aromatic rings. The van der Waals surface area contributed by atoms with Crippen LogP contribution in [0.4, 0.5) is 10.5 Å². The van der Waals surface area contributed by atoms with Crippen molar-refractivity contribution in [1.29, 1.82) is 0 Å². The number of methoxy groups -OCH3 is 1. The Morgan fingerprint density at radius 2 is 2.24 bits per heavy atom. The average Bonchev–Trinajstić information content (AvgIpc) is 2.44. The van der Waals surface area contributed by atoms with Gasteiger partial charge in [-0.3, -0.25) is 5.32 Å². The maximum absolute atomic E-state index is 11.0. The highest BCUT2D eigenvalue weighted by Crippen LogP contribution is 2.27. The van der Waals surface area contributed by atoms with Crippen molar-refractivity contribution in [3.05, 3.63) is 23.8 Å². The number of carbonyl (C=O) groups excluding carboxylic acids is 1. The smallest absolute Gasteiger partial charge is 0.412 e. The molecule has 0 spiro atoms. The third kappa shape index (κ3) is 5.31. The average molecular weight is 297 g/mol. The number of aliphatic carboxylic acids is 1. The number of amides is 1. The van der Waals surface area contributed by atoms with Gasteiger partial charge >= 0.3 is 12.1 Å². The van der Waals surface area contributed by atoms with Crippen LogP contribution < -0.4 is 10.1 Å². The van der Waals surface area contributed by atoms with Crippen LogP contribution in [0.2, 0.25) is 0 Å². The molecule has 0 fully saturated rings. The first-order valence-electron chi connectivity index (χ1n) is 6.49. The summed E-state index contributed by atoms with van der Waals surface area (Å²) in [7, 11) is 1.57. The van der Waals surface area contributed by atoms with Gasteiger partial charge in [0.15, 0.2) is 6.10 Å². The number of carboxylic acid groups (broad SMARTS) is 1. The lowest BCUT2D eigenvalue weighted by atomic mass is 10.2. The molecule has 1 aromatic carbocycles. The summed E-state index contributed by atoms with van der Waals surface area (Å²) in [6.45, 7) is 2.11. The number of carbonyl (C=O) groups is 2. The van der Waals surface area contributed by atoms with Crippen molar-refractivity contribution >= 4 is 17.7 Å². The SMILES string of the molecule is CCCC(O)C(=O)O.COc1cc2ccc1NC(=O)OC2. The zero-order valence-electron chi connectivity index (χ0n) is 12.0. The summed E-state index contributed by atoms with van der Waals surface area (Å²) in [6, 6.07) is 5.53. The molecule has 21 heavy (non-hydrogen) atoms. The zero-order chi connectivity index (χ0) is 15.8. The lowest BCUT2D eigenvalue weighted by Crippen LogP contribution is -2.18. The van der Waals surface area contributed by atoms with Gasteiger partial charge in [-0.15, -0.1) is 0 Å². The summed E-state index contributed by atoms with van der Waals surface area (Å²) in [5, 5.41) is 19.2. The molecule has 7 heteroatoms. The predicted molar refractivity (Wildman–Crippen MR) is 75.4 cm³/mol. The van der Waals surface area contributed by atoms with Crippen LogP contribution in [0.1, 0.15) is 25.3 Å². The van der Waals surface area contributed by atoms with Gasteiger partial charge in [0, 0.05) is 0 Å². The van der Waals surface area contributed by atoms with E-state index >= 15 is 0 Å². The van der Waals surface area contributed by atoms with E-state index in [0.717, 1.165) is 5.56 Å². The van der Waals surface area contributed by atoms with Crippen molar-refractivity contribution in [3.8, 4) is 5.75 Å². The Kier molecular flexibility index (Phi) is 6.48. The van der Waals surface area contributed by atoms with E-state index in [9.17, 15) is 9.59 Å². The van der Waals surface area contributed by atoms with Crippen LogP contribution in [-0.2, 0) is 16.1 Å². The second-order valence-electron chi connectivity index (χ2n) is 4.38. The van der Waals surface area contributed by atoms with Crippen molar-refractivity contribution in [3.63, 3.8) is 0 Å². The molecular weight excluding hydrogens is 278 g/mol. The number of hydrogen-bond donors (Lipinski definition) is 3. The Hall–Kier alpha value is -2.28. The van der Waals surface area contributed by atoms with Gasteiger partial charge in [-0.2, -0.15) is 0 Å². The predicted octanol–water partition coefficient (Wildman–Crippen LogP) is 1.99. The molecule has 2 aliphatic rings. The summed E-state index contributed by atoms with van der Waals surface area (Å²) in [6.07, 6.45) is -0.567. The van der Waals surface area contributed by atoms with E-state index < -0.39 is 18.2 Å². The molecule has 1 amide bonds. The maximum atomic E-state index is 11.0. The monoisotopic (exact) mass is 297 g/mol. The van der Waals surface area contributed by atoms with E-state index in [0.29, 0.717) is 24.3 Å². The van der Waals surface area contributed by atoms with Crippen LogP contribution >= 0.6 is 0 Å². The summed E-state index contributed by atoms with van der Waals surface area (Å²) in [4.78, 5) is 20.8. The van der Waals surface area contributed by atoms with Crippen molar-refractivity contribution in [2.24, 2.45) is 0 Å². The molecule has 0 saturated carbocycles. The topological polar surface area (TPSA) is 105 Å². The summed E-state index contributed by atoms with van der Waals surface area (Å²) in [5.74, 6) is -0.471. The fourth-order valence-corrected chi connectivity index (χ4v) is 1.62. The Morgan fingerprint density at radius 3 is 2.76 bits per heavy atom. The van der Waals surface area contributed by atoms with Crippen molar-refractivity contribution < 1.29 is 29.3 Å². The van der Waals surface area contributed by atoms with Gasteiger partial charge in [0.25, 0.3) is 0 Å². The molecule has 2 aliphatic heterocycles. The highest BCUT2D eigenvalue weighted by molar-refractivity contribution is 5.87. The fraction of sp³-hybridized carbons (Fsp3) is 0.429. The van der Waals surface area contributed by atoms with Crippen molar-refractivity contribution in [2.45, 2.75) is 32.5 Å². The van der Waals surface area contributed by atoms with Crippen LogP contribution in [0, 0.1) is 0 Å². The second kappa shape index (κ2) is 8.11. The number of aliphatic hydroxyl groups is 1. The molecule has 116 valence electrons. The number of aliphatic hydroxyl groups excluding tert-OH is 1. The maximum Gasteiger partial charge on any atom is 0.412 e. The number of hydrogen-bond acceptors (Lipinski definition) is 5. The molecule has 1 unspecified atom stereocenters. The van der Waals surface area contributed by atoms with Gasteiger partial charge in [0.1, 0.15) is 12.4 Å². The molecule has 0 saturated heterocycles. The molecule has 3 N–H and O–H groups in total. The van der Waals surface area contributed by atoms with E-state index in [-0.39, 0.29) is 6.61 Å². The van der Waals surface area contributed by atoms with Crippen LogP contribution in [-0.4, -0.2) is 35.5 Å². The van der Waals surface area contributed by atoms with Crippen molar-refractivity contribution in [2.75, 3.05) is 12.4 Å². The van der Waals surface area contributed by atoms with Crippen LogP contribution in [0.15, 0.2) is 18.2 Å². The molecule has 2 bridgehead atoms. The molecule has 0 aliphatic carbocycles. The standard InChI is InChI=1S/C9H9NO3.C5H10O3/c1-12-8-4-6-2-3-7(8)10-9(11)13-5-6;1-2-3-4(6)5(7)8/h2-4H,5H2,1H3,(H,10,11);4,6H,2-3H2,1H3,(H,7,8). The first-order valence-corrected chi connectivity index (χ1v) is 6.49. The molecule has 1 atom stereocenters. The number of anilines is 1. The summed E-state index contributed by atoms with van der Waals surface area (Å²) in [5.41, 5.74) is 1.56.